The van der Waals surface area contributed by atoms with Gasteiger partial charge in [0.25, 0.3) is 0 Å². The van der Waals surface area contributed by atoms with Crippen LogP contribution < -0.4 is 0 Å². The largest absolute Gasteiger partial charge is 0.410 e. The number of hydrogen-bond acceptors (Lipinski definition) is 7. The molecule has 0 atom stereocenters. The zero-order valence-corrected chi connectivity index (χ0v) is 23.4. The fraction of sp³-hybridized carbons (Fsp3) is 0. The van der Waals surface area contributed by atoms with Gasteiger partial charge < -0.3 is 5.21 Å². The third-order valence-corrected chi connectivity index (χ3v) is 11.2. The molecule has 0 radical (unpaired) electrons. The van der Waals surface area contributed by atoms with Gasteiger partial charge in [-0.25, -0.2) is 0 Å². The van der Waals surface area contributed by atoms with Gasteiger partial charge in [0, 0.05) is 22.3 Å². The molecule has 4 aromatic heterocycles. The van der Waals surface area contributed by atoms with Crippen molar-refractivity contribution in [2.45, 2.75) is 0 Å². The van der Waals surface area contributed by atoms with Crippen LogP contribution in [0.4, 0.5) is 0 Å². The van der Waals surface area contributed by atoms with Crippen LogP contribution in [0.2, 0.25) is 0 Å². The fourth-order valence-electron chi connectivity index (χ4n) is 3.21. The monoisotopic (exact) mass is 711 g/mol. The molecule has 29 heavy (non-hydrogen) atoms. The van der Waals surface area contributed by atoms with E-state index in [1.807, 2.05) is 24.3 Å². The summed E-state index contributed by atoms with van der Waals surface area (Å²) in [6.45, 7) is 0. The van der Waals surface area contributed by atoms with Crippen molar-refractivity contribution in [2.24, 2.45) is 5.16 Å². The maximum atomic E-state index is 11.9. The molecule has 0 bridgehead atoms. The molecule has 146 valence electrons. The lowest BCUT2D eigenvalue weighted by atomic mass is 10.2. The smallest absolute Gasteiger partial charge is 0.196 e. The van der Waals surface area contributed by atoms with Crippen LogP contribution in [-0.2, 0) is 0 Å². The summed E-state index contributed by atoms with van der Waals surface area (Å²) in [4.78, 5) is 16.5. The molecule has 0 saturated carbocycles. The molecule has 4 heterocycles. The van der Waals surface area contributed by atoms with Crippen LogP contribution in [0.25, 0.3) is 19.5 Å². The standard InChI is InChI=1S/C9H3Br2NOS2.C9H2Br2OS2/c10-5-1-3-7(12-13)4-2-6(11)15-9(4)8(3)14-5;10-5-1-3-7(12)4-2-6(11)14-9(4)8(3)13-5/h1-2,13H;1-2H. The molecule has 1 N–H and O–H groups in total. The minimum Gasteiger partial charge on any atom is -0.410 e. The Bertz CT molecular complexity index is 1250. The first-order chi connectivity index (χ1) is 13.9. The predicted octanol–water partition coefficient (Wildman–Crippen LogP) is 9.09. The summed E-state index contributed by atoms with van der Waals surface area (Å²) in [7, 11) is 0. The van der Waals surface area contributed by atoms with E-state index in [9.17, 15) is 4.79 Å². The van der Waals surface area contributed by atoms with E-state index in [0.717, 1.165) is 47.2 Å². The van der Waals surface area contributed by atoms with E-state index in [-0.39, 0.29) is 5.78 Å². The Hall–Kier alpha value is -0.140. The van der Waals surface area contributed by atoms with E-state index in [0.29, 0.717) is 5.71 Å². The third-order valence-electron chi connectivity index (χ3n) is 4.32. The third kappa shape index (κ3) is 3.42. The van der Waals surface area contributed by atoms with E-state index in [1.54, 1.807) is 45.3 Å². The van der Waals surface area contributed by atoms with Gasteiger partial charge in [-0.05, 0) is 88.0 Å². The van der Waals surface area contributed by atoms with Crippen LogP contribution in [0.1, 0.15) is 27.0 Å². The first-order valence-electron chi connectivity index (χ1n) is 7.83. The number of thiophene rings is 4. The molecule has 6 rings (SSSR count). The van der Waals surface area contributed by atoms with Crippen molar-refractivity contribution in [3.05, 3.63) is 61.7 Å². The number of hydrogen-bond donors (Lipinski definition) is 1. The zero-order chi connectivity index (χ0) is 20.4. The Morgan fingerprint density at radius 1 is 0.621 bits per heavy atom. The summed E-state index contributed by atoms with van der Waals surface area (Å²) in [5, 5.41) is 12.4. The van der Waals surface area contributed by atoms with Crippen LogP contribution >= 0.6 is 109 Å². The number of carbonyl (C=O) groups excluding carboxylic acids is 1. The van der Waals surface area contributed by atoms with Crippen molar-refractivity contribution in [1.82, 2.24) is 0 Å². The number of fused-ring (bicyclic) bond motifs is 6. The SMILES string of the molecule is O=C1c2cc(Br)sc2-c2sc(Br)cc21.ON=C1c2cc(Br)sc2-c2sc(Br)cc21. The Kier molecular flexibility index (Phi) is 5.56. The average Bonchev–Trinajstić information content (AvgIpc) is 3.45. The van der Waals surface area contributed by atoms with Crippen molar-refractivity contribution < 1.29 is 10.0 Å². The summed E-state index contributed by atoms with van der Waals surface area (Å²) < 4.78 is 4.16. The highest BCUT2D eigenvalue weighted by molar-refractivity contribution is 9.11. The number of rotatable bonds is 0. The summed E-state index contributed by atoms with van der Waals surface area (Å²) in [5.74, 6) is 0.152. The van der Waals surface area contributed by atoms with E-state index in [2.05, 4.69) is 68.9 Å². The Morgan fingerprint density at radius 3 is 1.28 bits per heavy atom. The lowest BCUT2D eigenvalue weighted by Gasteiger charge is -1.91. The molecule has 0 unspecified atom stereocenters. The second kappa shape index (κ2) is 7.77. The van der Waals surface area contributed by atoms with Crippen LogP contribution in [0.3, 0.4) is 0 Å². The second-order valence-corrected chi connectivity index (χ2v) is 15.7. The van der Waals surface area contributed by atoms with Crippen LogP contribution in [0.5, 0.6) is 0 Å². The van der Waals surface area contributed by atoms with Crippen molar-refractivity contribution >= 4 is 121 Å². The minimum absolute atomic E-state index is 0.152. The molecule has 0 saturated heterocycles. The molecule has 0 amide bonds. The van der Waals surface area contributed by atoms with Crippen molar-refractivity contribution in [2.75, 3.05) is 0 Å². The number of nitrogens with zero attached hydrogens (tertiary/aromatic N) is 1. The molecule has 0 aromatic carbocycles. The van der Waals surface area contributed by atoms with Gasteiger partial charge >= 0.3 is 0 Å². The Labute approximate surface area is 214 Å². The van der Waals surface area contributed by atoms with Crippen molar-refractivity contribution in [1.29, 1.82) is 0 Å². The molecule has 0 spiro atoms. The number of oxime groups is 1. The normalized spacial score (nSPS) is 13.0. The predicted molar refractivity (Wildman–Crippen MR) is 137 cm³/mol. The van der Waals surface area contributed by atoms with Crippen molar-refractivity contribution in [3.63, 3.8) is 0 Å². The molecular formula is C18H5Br4NO2S4. The zero-order valence-electron chi connectivity index (χ0n) is 13.8. The Morgan fingerprint density at radius 2 is 0.931 bits per heavy atom. The highest BCUT2D eigenvalue weighted by Gasteiger charge is 2.31. The first-order valence-corrected chi connectivity index (χ1v) is 14.3. The van der Waals surface area contributed by atoms with Gasteiger partial charge in [0.1, 0.15) is 5.71 Å². The number of carbonyl (C=O) groups is 1. The van der Waals surface area contributed by atoms with Crippen LogP contribution in [-0.4, -0.2) is 16.7 Å². The molecule has 0 fully saturated rings. The fourth-order valence-corrected chi connectivity index (χ4v) is 9.92. The number of ketones is 1. The van der Waals surface area contributed by atoms with Crippen molar-refractivity contribution in [3.8, 4) is 19.5 Å². The van der Waals surface area contributed by atoms with E-state index < -0.39 is 0 Å². The van der Waals surface area contributed by atoms with E-state index >= 15 is 0 Å². The minimum atomic E-state index is 0.152. The van der Waals surface area contributed by atoms with Gasteiger partial charge in [-0.15, -0.1) is 45.3 Å². The first kappa shape index (κ1) is 20.7. The molecule has 11 heteroatoms. The molecule has 2 aliphatic rings. The molecular weight excluding hydrogens is 710 g/mol. The maximum Gasteiger partial charge on any atom is 0.196 e. The number of halogens is 4. The van der Waals surface area contributed by atoms with Gasteiger partial charge in [-0.2, -0.15) is 0 Å². The molecule has 4 aromatic rings. The second-order valence-electron chi connectivity index (χ2n) is 5.95. The summed E-state index contributed by atoms with van der Waals surface area (Å²) in [6, 6.07) is 7.80. The van der Waals surface area contributed by atoms with Gasteiger partial charge in [0.05, 0.1) is 34.7 Å². The average molecular weight is 715 g/mol. The summed E-state index contributed by atoms with van der Waals surface area (Å²) >= 11 is 20.3. The van der Waals surface area contributed by atoms with Crippen LogP contribution in [0.15, 0.2) is 44.6 Å². The summed E-state index contributed by atoms with van der Waals surface area (Å²) in [6.07, 6.45) is 0. The van der Waals surface area contributed by atoms with Gasteiger partial charge in [-0.1, -0.05) is 5.16 Å². The maximum absolute atomic E-state index is 11.9. The van der Waals surface area contributed by atoms with E-state index in [1.165, 1.54) is 9.75 Å². The molecule has 3 nitrogen and oxygen atoms in total. The Balaban J connectivity index is 0.000000125. The highest BCUT2D eigenvalue weighted by atomic mass is 79.9. The van der Waals surface area contributed by atoms with Gasteiger partial charge in [-0.3, -0.25) is 4.79 Å². The quantitative estimate of drug-likeness (QED) is 0.126. The summed E-state index contributed by atoms with van der Waals surface area (Å²) in [5.41, 5.74) is 4.39. The lowest BCUT2D eigenvalue weighted by Crippen LogP contribution is -1.95. The van der Waals surface area contributed by atoms with E-state index in [4.69, 9.17) is 5.21 Å². The van der Waals surface area contributed by atoms with Gasteiger partial charge in [0.2, 0.25) is 0 Å². The molecule has 0 aliphatic heterocycles. The topological polar surface area (TPSA) is 49.7 Å². The molecule has 2 aliphatic carbocycles. The van der Waals surface area contributed by atoms with Gasteiger partial charge in [0.15, 0.2) is 5.78 Å². The lowest BCUT2D eigenvalue weighted by molar-refractivity contribution is 0.104. The van der Waals surface area contributed by atoms with Crippen LogP contribution in [0, 0.1) is 0 Å². The highest BCUT2D eigenvalue weighted by Crippen LogP contribution is 2.50.